The Hall–Kier alpha value is -3.53. The maximum atomic E-state index is 13.3. The third-order valence-corrected chi connectivity index (χ3v) is 7.17. The van der Waals surface area contributed by atoms with Crippen LogP contribution in [0.4, 0.5) is 13.2 Å². The lowest BCUT2D eigenvalue weighted by molar-refractivity contribution is -0.137. The van der Waals surface area contributed by atoms with Gasteiger partial charge in [0.1, 0.15) is 18.0 Å². The van der Waals surface area contributed by atoms with E-state index in [1.54, 1.807) is 36.4 Å². The maximum absolute atomic E-state index is 13.3. The second kappa shape index (κ2) is 10.7. The molecule has 0 atom stereocenters. The van der Waals surface area contributed by atoms with Gasteiger partial charge in [0.2, 0.25) is 0 Å². The molecule has 10 heteroatoms. The van der Waals surface area contributed by atoms with Crippen molar-refractivity contribution in [3.63, 3.8) is 0 Å². The highest BCUT2D eigenvalue weighted by Gasteiger charge is 2.31. The van der Waals surface area contributed by atoms with Crippen molar-refractivity contribution in [2.75, 3.05) is 6.61 Å². The summed E-state index contributed by atoms with van der Waals surface area (Å²) in [6, 6.07) is 15.6. The van der Waals surface area contributed by atoms with E-state index in [2.05, 4.69) is 55.2 Å². The smallest absolute Gasteiger partial charge is 0.394 e. The Kier molecular flexibility index (Phi) is 7.73. The van der Waals surface area contributed by atoms with Gasteiger partial charge in [-0.05, 0) is 53.8 Å². The predicted octanol–water partition coefficient (Wildman–Crippen LogP) is 6.90. The van der Waals surface area contributed by atoms with Gasteiger partial charge < -0.3 is 15.1 Å². The monoisotopic (exact) mass is 541 g/mol. The SMILES string of the molecule is CCON=C(N)c1ccc(SCc2ccc(C(C)(C)C)cc2)c(-c2nc3cc(C(F)(F)F)ccc3n2C)n1. The number of nitrogens with zero attached hydrogens (tertiary/aromatic N) is 4. The maximum Gasteiger partial charge on any atom is 0.416 e. The van der Waals surface area contributed by atoms with Crippen LogP contribution < -0.4 is 5.73 Å². The van der Waals surface area contributed by atoms with Crippen LogP contribution in [0, 0.1) is 0 Å². The van der Waals surface area contributed by atoms with Crippen molar-refractivity contribution in [1.29, 1.82) is 0 Å². The number of amidine groups is 1. The zero-order valence-corrected chi connectivity index (χ0v) is 22.7. The molecule has 0 aliphatic carbocycles. The molecule has 38 heavy (non-hydrogen) atoms. The van der Waals surface area contributed by atoms with Gasteiger partial charge >= 0.3 is 6.18 Å². The van der Waals surface area contributed by atoms with Crippen LogP contribution in [0.2, 0.25) is 0 Å². The number of pyridine rings is 1. The number of thioether (sulfide) groups is 1. The van der Waals surface area contributed by atoms with Gasteiger partial charge in [-0.1, -0.05) is 50.2 Å². The number of aryl methyl sites for hydroxylation is 1. The van der Waals surface area contributed by atoms with Crippen molar-refractivity contribution < 1.29 is 18.0 Å². The van der Waals surface area contributed by atoms with Gasteiger partial charge in [0.05, 0.1) is 16.6 Å². The Morgan fingerprint density at radius 2 is 1.68 bits per heavy atom. The third kappa shape index (κ3) is 5.96. The standard InChI is InChI=1S/C28H30F3N5OS/c1-6-37-35-25(32)20-12-14-23(38-16-17-7-9-18(10-8-17)27(2,3)4)24(33-20)26-34-21-15-19(28(29,30)31)11-13-22(21)36(26)5/h7-15H,6,16H2,1-5H3,(H2,32,35). The molecule has 2 aromatic heterocycles. The minimum atomic E-state index is -4.46. The highest BCUT2D eigenvalue weighted by Crippen LogP contribution is 2.36. The quantitative estimate of drug-likeness (QED) is 0.119. The summed E-state index contributed by atoms with van der Waals surface area (Å²) in [6.07, 6.45) is -4.46. The molecule has 0 unspecified atom stereocenters. The average molecular weight is 542 g/mol. The molecule has 6 nitrogen and oxygen atoms in total. The van der Waals surface area contributed by atoms with Crippen LogP contribution in [-0.4, -0.2) is 27.0 Å². The van der Waals surface area contributed by atoms with Gasteiger partial charge in [-0.2, -0.15) is 13.2 Å². The van der Waals surface area contributed by atoms with Crippen LogP contribution in [0.1, 0.15) is 50.1 Å². The molecule has 2 aromatic carbocycles. The van der Waals surface area contributed by atoms with E-state index in [1.807, 2.05) is 6.07 Å². The van der Waals surface area contributed by atoms with Crippen LogP contribution in [0.3, 0.4) is 0 Å². The normalized spacial score (nSPS) is 12.8. The molecule has 0 amide bonds. The van der Waals surface area contributed by atoms with Gasteiger partial charge in [0, 0.05) is 17.7 Å². The first-order valence-corrected chi connectivity index (χ1v) is 13.1. The Morgan fingerprint density at radius 1 is 1.00 bits per heavy atom. The number of imidazole rings is 1. The first-order chi connectivity index (χ1) is 17.9. The molecule has 0 saturated carbocycles. The fraction of sp³-hybridized carbons (Fsp3) is 0.321. The molecule has 0 aliphatic rings. The van der Waals surface area contributed by atoms with Crippen molar-refractivity contribution in [3.8, 4) is 11.5 Å². The first kappa shape index (κ1) is 27.5. The lowest BCUT2D eigenvalue weighted by Gasteiger charge is -2.19. The summed E-state index contributed by atoms with van der Waals surface area (Å²) >= 11 is 1.56. The number of nitrogens with two attached hydrogens (primary N) is 1. The second-order valence-corrected chi connectivity index (χ2v) is 10.9. The van der Waals surface area contributed by atoms with Gasteiger partial charge in [0.25, 0.3) is 0 Å². The first-order valence-electron chi connectivity index (χ1n) is 12.1. The van der Waals surface area contributed by atoms with Crippen LogP contribution in [0.15, 0.2) is 64.6 Å². The molecule has 4 aromatic rings. The van der Waals surface area contributed by atoms with E-state index in [0.29, 0.717) is 35.1 Å². The van der Waals surface area contributed by atoms with E-state index in [-0.39, 0.29) is 16.8 Å². The highest BCUT2D eigenvalue weighted by atomic mass is 32.2. The molecule has 4 rings (SSSR count). The number of halogens is 3. The van der Waals surface area contributed by atoms with Crippen LogP contribution >= 0.6 is 11.8 Å². The third-order valence-electron chi connectivity index (χ3n) is 6.05. The predicted molar refractivity (Wildman–Crippen MR) is 146 cm³/mol. The minimum Gasteiger partial charge on any atom is -0.394 e. The Bertz CT molecular complexity index is 1470. The molecular formula is C28H30F3N5OS. The van der Waals surface area contributed by atoms with Crippen molar-refractivity contribution in [1.82, 2.24) is 14.5 Å². The molecule has 0 bridgehead atoms. The molecule has 0 spiro atoms. The molecular weight excluding hydrogens is 511 g/mol. The molecule has 0 radical (unpaired) electrons. The Morgan fingerprint density at radius 3 is 2.32 bits per heavy atom. The number of alkyl halides is 3. The minimum absolute atomic E-state index is 0.0632. The summed E-state index contributed by atoms with van der Waals surface area (Å²) in [5, 5.41) is 3.88. The molecule has 200 valence electrons. The number of benzene rings is 2. The largest absolute Gasteiger partial charge is 0.416 e. The zero-order chi connectivity index (χ0) is 27.7. The lowest BCUT2D eigenvalue weighted by Crippen LogP contribution is -2.16. The topological polar surface area (TPSA) is 78.3 Å². The average Bonchev–Trinajstić information content (AvgIpc) is 3.20. The van der Waals surface area contributed by atoms with Crippen molar-refractivity contribution in [2.24, 2.45) is 17.9 Å². The fourth-order valence-corrected chi connectivity index (χ4v) is 4.85. The van der Waals surface area contributed by atoms with E-state index in [4.69, 9.17) is 15.6 Å². The van der Waals surface area contributed by atoms with E-state index in [0.717, 1.165) is 22.6 Å². The van der Waals surface area contributed by atoms with Crippen molar-refractivity contribution in [3.05, 3.63) is 77.0 Å². The van der Waals surface area contributed by atoms with Crippen molar-refractivity contribution >= 4 is 28.6 Å². The Labute approximate surface area is 224 Å². The van der Waals surface area contributed by atoms with Crippen LogP contribution in [0.25, 0.3) is 22.6 Å². The summed E-state index contributed by atoms with van der Waals surface area (Å²) in [4.78, 5) is 15.2. The molecule has 2 N–H and O–H groups in total. The summed E-state index contributed by atoms with van der Waals surface area (Å²) < 4.78 is 41.7. The highest BCUT2D eigenvalue weighted by molar-refractivity contribution is 7.98. The van der Waals surface area contributed by atoms with E-state index in [1.165, 1.54) is 11.6 Å². The van der Waals surface area contributed by atoms with Gasteiger partial charge in [-0.3, -0.25) is 0 Å². The Balaban J connectivity index is 1.75. The molecule has 0 fully saturated rings. The zero-order valence-electron chi connectivity index (χ0n) is 21.9. The van der Waals surface area contributed by atoms with E-state index in [9.17, 15) is 13.2 Å². The molecule has 0 saturated heterocycles. The summed E-state index contributed by atoms with van der Waals surface area (Å²) in [6.45, 7) is 8.65. The lowest BCUT2D eigenvalue weighted by atomic mass is 9.87. The summed E-state index contributed by atoms with van der Waals surface area (Å²) in [5.74, 6) is 1.19. The summed E-state index contributed by atoms with van der Waals surface area (Å²) in [7, 11) is 1.75. The van der Waals surface area contributed by atoms with Gasteiger partial charge in [0.15, 0.2) is 11.7 Å². The summed E-state index contributed by atoms with van der Waals surface area (Å²) in [5.41, 5.74) is 9.45. The van der Waals surface area contributed by atoms with Crippen molar-refractivity contribution in [2.45, 2.75) is 49.9 Å². The number of oxime groups is 1. The van der Waals surface area contributed by atoms with Gasteiger partial charge in [-0.15, -0.1) is 11.8 Å². The van der Waals surface area contributed by atoms with Gasteiger partial charge in [-0.25, -0.2) is 9.97 Å². The van der Waals surface area contributed by atoms with Crippen LogP contribution in [-0.2, 0) is 29.2 Å². The van der Waals surface area contributed by atoms with E-state index < -0.39 is 11.7 Å². The van der Waals surface area contributed by atoms with E-state index >= 15 is 0 Å². The second-order valence-electron chi connectivity index (χ2n) is 9.87. The number of hydrogen-bond donors (Lipinski definition) is 1. The molecule has 2 heterocycles. The van der Waals surface area contributed by atoms with Crippen LogP contribution in [0.5, 0.6) is 0 Å². The fourth-order valence-electron chi connectivity index (χ4n) is 3.90. The number of fused-ring (bicyclic) bond motifs is 1. The number of hydrogen-bond acceptors (Lipinski definition) is 5. The number of rotatable bonds is 7. The number of aromatic nitrogens is 3. The molecule has 0 aliphatic heterocycles.